The summed E-state index contributed by atoms with van der Waals surface area (Å²) in [6.07, 6.45) is 0. The van der Waals surface area contributed by atoms with Crippen molar-refractivity contribution in [3.8, 4) is 0 Å². The molecule has 0 aromatic carbocycles. The molecule has 1 saturated heterocycles. The molecular formula is C13H14N2O3S2. The Morgan fingerprint density at radius 1 is 1.20 bits per heavy atom. The Bertz CT molecular complexity index is 612. The van der Waals surface area contributed by atoms with E-state index in [0.29, 0.717) is 26.2 Å². The first-order chi connectivity index (χ1) is 9.63. The molecule has 1 fully saturated rings. The summed E-state index contributed by atoms with van der Waals surface area (Å²) < 4.78 is 2.31. The van der Waals surface area contributed by atoms with Crippen LogP contribution in [0.1, 0.15) is 9.67 Å². The maximum Gasteiger partial charge on any atom is 0.317 e. The van der Waals surface area contributed by atoms with E-state index in [1.165, 1.54) is 11.3 Å². The highest BCUT2D eigenvalue weighted by atomic mass is 32.1. The average molecular weight is 310 g/mol. The molecule has 106 valence electrons. The van der Waals surface area contributed by atoms with Crippen molar-refractivity contribution in [3.05, 3.63) is 22.4 Å². The van der Waals surface area contributed by atoms with Crippen molar-refractivity contribution < 1.29 is 14.7 Å². The number of hydrogen-bond acceptors (Lipinski definition) is 5. The van der Waals surface area contributed by atoms with Gasteiger partial charge in [0.15, 0.2) is 0 Å². The molecule has 3 heterocycles. The van der Waals surface area contributed by atoms with Crippen LogP contribution in [0.4, 0.5) is 0 Å². The summed E-state index contributed by atoms with van der Waals surface area (Å²) in [4.78, 5) is 27.5. The fraction of sp³-hybridized carbons (Fsp3) is 0.385. The van der Waals surface area contributed by atoms with Crippen molar-refractivity contribution >= 4 is 43.9 Å². The molecule has 5 nitrogen and oxygen atoms in total. The Hall–Kier alpha value is -1.44. The van der Waals surface area contributed by atoms with E-state index >= 15 is 0 Å². The van der Waals surface area contributed by atoms with Crippen molar-refractivity contribution in [1.82, 2.24) is 9.80 Å². The highest BCUT2D eigenvalue weighted by molar-refractivity contribution is 7.27. The molecule has 7 heteroatoms. The van der Waals surface area contributed by atoms with E-state index in [-0.39, 0.29) is 12.5 Å². The van der Waals surface area contributed by atoms with Gasteiger partial charge in [-0.1, -0.05) is 0 Å². The van der Waals surface area contributed by atoms with Crippen LogP contribution in [0.5, 0.6) is 0 Å². The lowest BCUT2D eigenvalue weighted by Crippen LogP contribution is -2.49. The third-order valence-electron chi connectivity index (χ3n) is 3.37. The molecule has 0 spiro atoms. The Morgan fingerprint density at radius 2 is 1.95 bits per heavy atom. The lowest BCUT2D eigenvalue weighted by molar-refractivity contribution is -0.138. The van der Waals surface area contributed by atoms with Crippen molar-refractivity contribution in [2.24, 2.45) is 0 Å². The Kier molecular flexibility index (Phi) is 3.73. The smallest absolute Gasteiger partial charge is 0.317 e. The van der Waals surface area contributed by atoms with Gasteiger partial charge in [-0.3, -0.25) is 14.5 Å². The van der Waals surface area contributed by atoms with Crippen LogP contribution in [-0.2, 0) is 4.79 Å². The van der Waals surface area contributed by atoms with Crippen LogP contribution < -0.4 is 0 Å². The Morgan fingerprint density at radius 3 is 2.60 bits per heavy atom. The lowest BCUT2D eigenvalue weighted by atomic mass is 10.3. The maximum absolute atomic E-state index is 12.4. The molecule has 0 unspecified atom stereocenters. The summed E-state index contributed by atoms with van der Waals surface area (Å²) in [5.41, 5.74) is 0. The van der Waals surface area contributed by atoms with Crippen LogP contribution >= 0.6 is 22.7 Å². The number of carbonyl (C=O) groups excluding carboxylic acids is 1. The molecule has 1 amide bonds. The normalized spacial score (nSPS) is 16.7. The number of thiophene rings is 2. The van der Waals surface area contributed by atoms with Gasteiger partial charge in [-0.05, 0) is 17.5 Å². The Labute approximate surface area is 124 Å². The van der Waals surface area contributed by atoms with Crippen molar-refractivity contribution in [2.75, 3.05) is 32.7 Å². The summed E-state index contributed by atoms with van der Waals surface area (Å²) >= 11 is 3.17. The summed E-state index contributed by atoms with van der Waals surface area (Å²) in [6.45, 7) is 2.49. The zero-order valence-corrected chi connectivity index (χ0v) is 12.4. The van der Waals surface area contributed by atoms with Crippen LogP contribution in [0.25, 0.3) is 9.40 Å². The second-order valence-corrected chi connectivity index (χ2v) is 6.75. The molecule has 0 aliphatic carbocycles. The van der Waals surface area contributed by atoms with Crippen LogP contribution in [-0.4, -0.2) is 59.5 Å². The molecule has 20 heavy (non-hydrogen) atoms. The minimum Gasteiger partial charge on any atom is -0.480 e. The molecule has 0 bridgehead atoms. The number of rotatable bonds is 3. The van der Waals surface area contributed by atoms with Gasteiger partial charge in [0.25, 0.3) is 5.91 Å². The fourth-order valence-electron chi connectivity index (χ4n) is 2.33. The topological polar surface area (TPSA) is 60.9 Å². The Balaban J connectivity index is 1.64. The van der Waals surface area contributed by atoms with E-state index in [1.807, 2.05) is 27.3 Å². The van der Waals surface area contributed by atoms with Gasteiger partial charge in [0, 0.05) is 35.6 Å². The second-order valence-electron chi connectivity index (χ2n) is 4.72. The van der Waals surface area contributed by atoms with Gasteiger partial charge < -0.3 is 10.0 Å². The molecule has 1 aliphatic heterocycles. The van der Waals surface area contributed by atoms with Gasteiger partial charge >= 0.3 is 5.97 Å². The van der Waals surface area contributed by atoms with Gasteiger partial charge in [0.2, 0.25) is 0 Å². The zero-order valence-electron chi connectivity index (χ0n) is 10.7. The molecule has 0 atom stereocenters. The summed E-state index contributed by atoms with van der Waals surface area (Å²) in [5, 5.41) is 10.8. The van der Waals surface area contributed by atoms with E-state index < -0.39 is 5.97 Å². The van der Waals surface area contributed by atoms with E-state index in [9.17, 15) is 9.59 Å². The third kappa shape index (κ3) is 2.70. The highest BCUT2D eigenvalue weighted by Gasteiger charge is 2.24. The number of hydrogen-bond donors (Lipinski definition) is 1. The first-order valence-electron chi connectivity index (χ1n) is 6.34. The molecule has 3 rings (SSSR count). The van der Waals surface area contributed by atoms with Crippen LogP contribution in [0.3, 0.4) is 0 Å². The molecule has 1 N–H and O–H groups in total. The average Bonchev–Trinajstić information content (AvgIpc) is 2.98. The molecule has 1 aliphatic rings. The maximum atomic E-state index is 12.4. The lowest BCUT2D eigenvalue weighted by Gasteiger charge is -2.33. The molecule has 0 saturated carbocycles. The van der Waals surface area contributed by atoms with Crippen LogP contribution in [0.2, 0.25) is 0 Å². The number of carboxylic acid groups (broad SMARTS) is 1. The predicted octanol–water partition coefficient (Wildman–Crippen LogP) is 1.81. The van der Waals surface area contributed by atoms with E-state index in [1.54, 1.807) is 11.3 Å². The highest BCUT2D eigenvalue weighted by Crippen LogP contribution is 2.30. The molecule has 0 radical (unpaired) electrons. The minimum atomic E-state index is -0.816. The first-order valence-corrected chi connectivity index (χ1v) is 8.03. The quantitative estimate of drug-likeness (QED) is 0.939. The standard InChI is InChI=1S/C13H14N2O3S2/c16-12(17)8-14-2-4-15(5-3-14)13(18)11-7-10-9(20-11)1-6-19-10/h1,6-7H,2-5,8H2,(H,16,17). The van der Waals surface area contributed by atoms with Crippen LogP contribution in [0, 0.1) is 0 Å². The third-order valence-corrected chi connectivity index (χ3v) is 5.45. The van der Waals surface area contributed by atoms with Crippen molar-refractivity contribution in [1.29, 1.82) is 0 Å². The SMILES string of the molecule is O=C(O)CN1CCN(C(=O)c2cc3sccc3s2)CC1. The largest absolute Gasteiger partial charge is 0.480 e. The van der Waals surface area contributed by atoms with Crippen molar-refractivity contribution in [2.45, 2.75) is 0 Å². The number of carbonyl (C=O) groups is 2. The fourth-order valence-corrected chi connectivity index (χ4v) is 4.40. The van der Waals surface area contributed by atoms with E-state index in [2.05, 4.69) is 0 Å². The van der Waals surface area contributed by atoms with Crippen LogP contribution in [0.15, 0.2) is 17.5 Å². The molecular weight excluding hydrogens is 296 g/mol. The number of nitrogens with zero attached hydrogens (tertiary/aromatic N) is 2. The second kappa shape index (κ2) is 5.51. The van der Waals surface area contributed by atoms with Gasteiger partial charge in [0.05, 0.1) is 11.4 Å². The number of fused-ring (bicyclic) bond motifs is 1. The number of aliphatic carboxylic acids is 1. The van der Waals surface area contributed by atoms with Gasteiger partial charge in [-0.15, -0.1) is 22.7 Å². The molecule has 2 aromatic rings. The van der Waals surface area contributed by atoms with Gasteiger partial charge in [-0.2, -0.15) is 0 Å². The minimum absolute atomic E-state index is 0.0523. The van der Waals surface area contributed by atoms with E-state index in [4.69, 9.17) is 5.11 Å². The number of piperazine rings is 1. The van der Waals surface area contributed by atoms with Crippen molar-refractivity contribution in [3.63, 3.8) is 0 Å². The van der Waals surface area contributed by atoms with E-state index in [0.717, 1.165) is 14.3 Å². The summed E-state index contributed by atoms with van der Waals surface area (Å²) in [7, 11) is 0. The van der Waals surface area contributed by atoms with Gasteiger partial charge in [-0.25, -0.2) is 0 Å². The number of carboxylic acids is 1. The monoisotopic (exact) mass is 310 g/mol. The zero-order chi connectivity index (χ0) is 14.1. The summed E-state index contributed by atoms with van der Waals surface area (Å²) in [5.74, 6) is -0.753. The van der Waals surface area contributed by atoms with Gasteiger partial charge in [0.1, 0.15) is 0 Å². The molecule has 2 aromatic heterocycles. The number of amides is 1. The summed E-state index contributed by atoms with van der Waals surface area (Å²) in [6, 6.07) is 3.99. The first kappa shape index (κ1) is 13.5. The predicted molar refractivity (Wildman–Crippen MR) is 79.7 cm³/mol.